The molecule has 0 N–H and O–H groups in total. The average Bonchev–Trinajstić information content (AvgIpc) is 3.43. The van der Waals surface area contributed by atoms with Crippen LogP contribution in [0.15, 0.2) is 41.5 Å². The highest BCUT2D eigenvalue weighted by Gasteiger charge is 2.34. The van der Waals surface area contributed by atoms with Crippen LogP contribution in [-0.4, -0.2) is 70.4 Å². The number of hydrogen-bond acceptors (Lipinski definition) is 6. The van der Waals surface area contributed by atoms with Crippen molar-refractivity contribution in [3.63, 3.8) is 0 Å². The molecular formula is C27H31FN6O2. The van der Waals surface area contributed by atoms with Gasteiger partial charge in [0.15, 0.2) is 0 Å². The normalized spacial score (nSPS) is 22.2. The maximum Gasteiger partial charge on any atom is 0.329 e. The molecule has 8 nitrogen and oxygen atoms in total. The molecule has 1 aliphatic carbocycles. The lowest BCUT2D eigenvalue weighted by Gasteiger charge is -2.34. The maximum absolute atomic E-state index is 15.3. The van der Waals surface area contributed by atoms with Gasteiger partial charge >= 0.3 is 5.69 Å². The highest BCUT2D eigenvalue weighted by atomic mass is 19.1. The van der Waals surface area contributed by atoms with Crippen LogP contribution in [0.5, 0.6) is 0 Å². The van der Waals surface area contributed by atoms with Gasteiger partial charge in [-0.05, 0) is 51.6 Å². The van der Waals surface area contributed by atoms with Crippen molar-refractivity contribution in [2.75, 3.05) is 39.2 Å². The Hall–Kier alpha value is -3.30. The van der Waals surface area contributed by atoms with E-state index < -0.39 is 0 Å². The van der Waals surface area contributed by atoms with Gasteiger partial charge in [0, 0.05) is 68.1 Å². The Morgan fingerprint density at radius 2 is 1.94 bits per heavy atom. The number of fused-ring (bicyclic) bond motifs is 3. The summed E-state index contributed by atoms with van der Waals surface area (Å²) in [5, 5.41) is 0.764. The summed E-state index contributed by atoms with van der Waals surface area (Å²) in [5.41, 5.74) is 3.13. The first-order chi connectivity index (χ1) is 17.4. The zero-order valence-electron chi connectivity index (χ0n) is 21.1. The van der Waals surface area contributed by atoms with E-state index in [4.69, 9.17) is 4.74 Å². The van der Waals surface area contributed by atoms with Crippen molar-refractivity contribution in [1.82, 2.24) is 24.0 Å². The van der Waals surface area contributed by atoms with Gasteiger partial charge in [-0.1, -0.05) is 0 Å². The van der Waals surface area contributed by atoms with Crippen molar-refractivity contribution in [3.8, 4) is 11.1 Å². The first-order valence-corrected chi connectivity index (χ1v) is 12.5. The molecule has 0 amide bonds. The molecule has 1 saturated carbocycles. The molecule has 0 radical (unpaired) electrons. The minimum absolute atomic E-state index is 0.0534. The standard InChI is InChI=1S/C27H31FN6O2/c1-31(2)17-7-8-33(15-17)25-6-5-16(13-30-25)20-11-21-23(12-22(20)28)29-14-24-26(21)34(27(35)32(24)3)18-9-19(10-18)36-4/h5-6,11-14,17-19H,7-10,15H2,1-4H3/t17-,18-,19+/m0/s1. The average molecular weight is 491 g/mol. The van der Waals surface area contributed by atoms with E-state index in [1.807, 2.05) is 22.8 Å². The summed E-state index contributed by atoms with van der Waals surface area (Å²) in [6.45, 7) is 1.89. The van der Waals surface area contributed by atoms with Crippen LogP contribution in [0.25, 0.3) is 33.1 Å². The highest BCUT2D eigenvalue weighted by molar-refractivity contribution is 6.04. The Balaban J connectivity index is 1.42. The van der Waals surface area contributed by atoms with Gasteiger partial charge in [0.2, 0.25) is 0 Å². The summed E-state index contributed by atoms with van der Waals surface area (Å²) >= 11 is 0. The Bertz CT molecular complexity index is 1500. The molecule has 4 heterocycles. The fraction of sp³-hybridized carbons (Fsp3) is 0.444. The van der Waals surface area contributed by atoms with Crippen LogP contribution in [0.1, 0.15) is 25.3 Å². The van der Waals surface area contributed by atoms with Gasteiger partial charge in [-0.25, -0.2) is 14.2 Å². The van der Waals surface area contributed by atoms with E-state index in [9.17, 15) is 4.79 Å². The van der Waals surface area contributed by atoms with Crippen LogP contribution in [0.3, 0.4) is 0 Å². The fourth-order valence-corrected chi connectivity index (χ4v) is 5.65. The summed E-state index contributed by atoms with van der Waals surface area (Å²) in [6.07, 6.45) is 6.22. The van der Waals surface area contributed by atoms with Crippen LogP contribution in [0.4, 0.5) is 10.2 Å². The number of halogens is 1. The first-order valence-electron chi connectivity index (χ1n) is 12.5. The van der Waals surface area contributed by atoms with Crippen molar-refractivity contribution in [1.29, 1.82) is 0 Å². The molecule has 2 aliphatic rings. The van der Waals surface area contributed by atoms with Gasteiger partial charge in [0.25, 0.3) is 0 Å². The van der Waals surface area contributed by atoms with Gasteiger partial charge in [-0.3, -0.25) is 14.1 Å². The number of ether oxygens (including phenoxy) is 1. The van der Waals surface area contributed by atoms with Crippen LogP contribution >= 0.6 is 0 Å². The van der Waals surface area contributed by atoms with Gasteiger partial charge in [0.05, 0.1) is 28.9 Å². The summed E-state index contributed by atoms with van der Waals surface area (Å²) in [5.74, 6) is 0.550. The van der Waals surface area contributed by atoms with Crippen LogP contribution in [-0.2, 0) is 11.8 Å². The Morgan fingerprint density at radius 1 is 1.14 bits per heavy atom. The first kappa shape index (κ1) is 23.1. The van der Waals surface area contributed by atoms with Crippen LogP contribution in [0.2, 0.25) is 0 Å². The number of aryl methyl sites for hydroxylation is 1. The third kappa shape index (κ3) is 3.60. The second-order valence-corrected chi connectivity index (χ2v) is 10.3. The van der Waals surface area contributed by atoms with E-state index in [2.05, 4.69) is 33.9 Å². The molecule has 4 aromatic rings. The largest absolute Gasteiger partial charge is 0.381 e. The number of imidazole rings is 1. The molecule has 188 valence electrons. The topological polar surface area (TPSA) is 68.4 Å². The van der Waals surface area contributed by atoms with E-state index in [-0.39, 0.29) is 23.7 Å². The SMILES string of the molecule is CO[C@H]1C[C@@H](n2c(=O)n(C)c3cnc4cc(F)c(-c5ccc(N6CC[C@H](N(C)C)C6)nc5)cc4c32)C1. The number of nitrogens with zero attached hydrogens (tertiary/aromatic N) is 6. The molecule has 36 heavy (non-hydrogen) atoms. The molecule has 1 saturated heterocycles. The van der Waals surface area contributed by atoms with Crippen LogP contribution in [0, 0.1) is 5.82 Å². The lowest BCUT2D eigenvalue weighted by Crippen LogP contribution is -2.37. The van der Waals surface area contributed by atoms with Gasteiger partial charge in [0.1, 0.15) is 11.6 Å². The number of rotatable bonds is 5. The van der Waals surface area contributed by atoms with E-state index in [1.54, 1.807) is 31.1 Å². The van der Waals surface area contributed by atoms with Crippen LogP contribution < -0.4 is 10.6 Å². The fourth-order valence-electron chi connectivity index (χ4n) is 5.65. The quantitative estimate of drug-likeness (QED) is 0.426. The smallest absolute Gasteiger partial charge is 0.329 e. The number of hydrogen-bond donors (Lipinski definition) is 0. The molecular weight excluding hydrogens is 459 g/mol. The van der Waals surface area contributed by atoms with Crippen molar-refractivity contribution in [3.05, 3.63) is 53.0 Å². The minimum atomic E-state index is -0.356. The number of methoxy groups -OCH3 is 1. The molecule has 0 bridgehead atoms. The summed E-state index contributed by atoms with van der Waals surface area (Å²) in [4.78, 5) is 26.8. The molecule has 2 fully saturated rings. The molecule has 9 heteroatoms. The van der Waals surface area contributed by atoms with E-state index in [1.165, 1.54) is 6.07 Å². The van der Waals surface area contributed by atoms with Crippen molar-refractivity contribution in [2.24, 2.45) is 7.05 Å². The van der Waals surface area contributed by atoms with E-state index in [0.717, 1.165) is 54.6 Å². The number of pyridine rings is 2. The molecule has 0 unspecified atom stereocenters. The molecule has 1 atom stereocenters. The lowest BCUT2D eigenvalue weighted by atomic mass is 9.89. The maximum atomic E-state index is 15.3. The van der Waals surface area contributed by atoms with E-state index in [0.29, 0.717) is 22.7 Å². The van der Waals surface area contributed by atoms with Crippen molar-refractivity contribution >= 4 is 27.8 Å². The summed E-state index contributed by atoms with van der Waals surface area (Å²) in [6, 6.07) is 7.73. The molecule has 1 aromatic carbocycles. The Morgan fingerprint density at radius 3 is 2.61 bits per heavy atom. The third-order valence-electron chi connectivity index (χ3n) is 8.05. The second kappa shape index (κ2) is 8.67. The predicted octanol–water partition coefficient (Wildman–Crippen LogP) is 3.58. The zero-order chi connectivity index (χ0) is 25.1. The number of benzene rings is 1. The summed E-state index contributed by atoms with van der Waals surface area (Å²) < 4.78 is 24.2. The second-order valence-electron chi connectivity index (χ2n) is 10.3. The van der Waals surface area contributed by atoms with E-state index >= 15 is 4.39 Å². The monoisotopic (exact) mass is 490 g/mol. The Labute approximate surface area is 208 Å². The molecule has 6 rings (SSSR count). The van der Waals surface area contributed by atoms with Crippen molar-refractivity contribution < 1.29 is 9.13 Å². The minimum Gasteiger partial charge on any atom is -0.381 e. The zero-order valence-corrected chi connectivity index (χ0v) is 21.1. The number of likely N-dealkylation sites (N-methyl/N-ethyl adjacent to an activating group) is 1. The molecule has 0 spiro atoms. The van der Waals surface area contributed by atoms with Gasteiger partial charge in [-0.2, -0.15) is 0 Å². The Kier molecular flexibility index (Phi) is 5.57. The summed E-state index contributed by atoms with van der Waals surface area (Å²) in [7, 11) is 7.66. The number of aromatic nitrogens is 4. The lowest BCUT2D eigenvalue weighted by molar-refractivity contribution is 0.00635. The molecule has 3 aromatic heterocycles. The van der Waals surface area contributed by atoms with Gasteiger partial charge in [-0.15, -0.1) is 0 Å². The number of anilines is 1. The highest BCUT2D eigenvalue weighted by Crippen LogP contribution is 2.38. The predicted molar refractivity (Wildman–Crippen MR) is 139 cm³/mol. The van der Waals surface area contributed by atoms with Crippen molar-refractivity contribution in [2.45, 2.75) is 37.5 Å². The van der Waals surface area contributed by atoms with Gasteiger partial charge < -0.3 is 14.5 Å². The third-order valence-corrected chi connectivity index (χ3v) is 8.05. The molecule has 1 aliphatic heterocycles.